The van der Waals surface area contributed by atoms with Crippen LogP contribution in [0.2, 0.25) is 5.02 Å². The lowest BCUT2D eigenvalue weighted by Gasteiger charge is -2.31. The molecule has 0 bridgehead atoms. The van der Waals surface area contributed by atoms with E-state index in [9.17, 15) is 4.79 Å². The lowest BCUT2D eigenvalue weighted by molar-refractivity contribution is -0.125. The Kier molecular flexibility index (Phi) is 5.64. The van der Waals surface area contributed by atoms with Gasteiger partial charge in [-0.3, -0.25) is 4.79 Å². The van der Waals surface area contributed by atoms with E-state index < -0.39 is 0 Å². The van der Waals surface area contributed by atoms with E-state index in [0.29, 0.717) is 6.54 Å². The molecule has 1 saturated heterocycles. The van der Waals surface area contributed by atoms with Gasteiger partial charge in [-0.15, -0.1) is 0 Å². The van der Waals surface area contributed by atoms with E-state index in [0.717, 1.165) is 43.3 Å². The number of nitrogens with zero attached hydrogens (tertiary/aromatic N) is 3. The molecule has 1 aromatic heterocycles. The molecule has 2 heterocycles. The molecule has 0 aliphatic carbocycles. The summed E-state index contributed by atoms with van der Waals surface area (Å²) in [6.45, 7) is 2.29. The number of hydrogen-bond donors (Lipinski definition) is 1. The van der Waals surface area contributed by atoms with Crippen molar-refractivity contribution >= 4 is 23.5 Å². The minimum Gasteiger partial charge on any atom is -0.356 e. The second-order valence-electron chi connectivity index (χ2n) is 5.98. The van der Waals surface area contributed by atoms with E-state index in [1.54, 1.807) is 12.4 Å². The summed E-state index contributed by atoms with van der Waals surface area (Å²) in [5.74, 6) is 0.979. The highest BCUT2D eigenvalue weighted by Gasteiger charge is 2.25. The number of piperidine rings is 1. The van der Waals surface area contributed by atoms with Crippen LogP contribution in [-0.2, 0) is 11.2 Å². The standard InChI is InChI=1S/C18H21ClN4O/c19-16-4-2-14(3-5-16)6-11-20-17(24)15-7-12-23(13-8-15)18-21-9-1-10-22-18/h1-5,9-10,15H,6-8,11-13H2,(H,20,24). The quantitative estimate of drug-likeness (QED) is 0.906. The molecule has 1 aromatic carbocycles. The van der Waals surface area contributed by atoms with Gasteiger partial charge in [0.25, 0.3) is 0 Å². The first-order valence-electron chi connectivity index (χ1n) is 8.26. The van der Waals surface area contributed by atoms with Gasteiger partial charge < -0.3 is 10.2 Å². The molecule has 6 heteroatoms. The first-order chi connectivity index (χ1) is 11.7. The summed E-state index contributed by atoms with van der Waals surface area (Å²) in [5, 5.41) is 3.78. The number of nitrogens with one attached hydrogen (secondary N) is 1. The van der Waals surface area contributed by atoms with Crippen LogP contribution in [0.3, 0.4) is 0 Å². The van der Waals surface area contributed by atoms with Crippen molar-refractivity contribution < 1.29 is 4.79 Å². The maximum atomic E-state index is 12.3. The summed E-state index contributed by atoms with van der Waals surface area (Å²) >= 11 is 5.87. The second kappa shape index (κ2) is 8.11. The maximum Gasteiger partial charge on any atom is 0.225 e. The van der Waals surface area contributed by atoms with Gasteiger partial charge in [0, 0.05) is 43.0 Å². The maximum absolute atomic E-state index is 12.3. The molecule has 0 spiro atoms. The predicted molar refractivity (Wildman–Crippen MR) is 95.1 cm³/mol. The van der Waals surface area contributed by atoms with Crippen LogP contribution < -0.4 is 10.2 Å². The van der Waals surface area contributed by atoms with Crippen LogP contribution >= 0.6 is 11.6 Å². The Hall–Kier alpha value is -2.14. The SMILES string of the molecule is O=C(NCCc1ccc(Cl)cc1)C1CCN(c2ncccn2)CC1. The second-order valence-corrected chi connectivity index (χ2v) is 6.41. The van der Waals surface area contributed by atoms with Crippen LogP contribution in [0.5, 0.6) is 0 Å². The summed E-state index contributed by atoms with van der Waals surface area (Å²) in [6, 6.07) is 9.55. The third-order valence-corrected chi connectivity index (χ3v) is 4.58. The van der Waals surface area contributed by atoms with Gasteiger partial charge in [0.15, 0.2) is 0 Å². The fourth-order valence-electron chi connectivity index (χ4n) is 2.92. The van der Waals surface area contributed by atoms with E-state index in [1.807, 2.05) is 30.3 Å². The van der Waals surface area contributed by atoms with Crippen LogP contribution in [0.25, 0.3) is 0 Å². The molecule has 2 aromatic rings. The van der Waals surface area contributed by atoms with E-state index in [2.05, 4.69) is 20.2 Å². The number of aromatic nitrogens is 2. The topological polar surface area (TPSA) is 58.1 Å². The highest BCUT2D eigenvalue weighted by molar-refractivity contribution is 6.30. The van der Waals surface area contributed by atoms with E-state index in [4.69, 9.17) is 11.6 Å². The van der Waals surface area contributed by atoms with E-state index >= 15 is 0 Å². The zero-order chi connectivity index (χ0) is 16.8. The van der Waals surface area contributed by atoms with Crippen molar-refractivity contribution in [3.63, 3.8) is 0 Å². The van der Waals surface area contributed by atoms with Crippen molar-refractivity contribution in [1.29, 1.82) is 0 Å². The van der Waals surface area contributed by atoms with Gasteiger partial charge in [-0.25, -0.2) is 9.97 Å². The Bertz CT molecular complexity index is 654. The van der Waals surface area contributed by atoms with Crippen molar-refractivity contribution in [1.82, 2.24) is 15.3 Å². The number of halogens is 1. The smallest absolute Gasteiger partial charge is 0.225 e. The number of anilines is 1. The number of rotatable bonds is 5. The van der Waals surface area contributed by atoms with Crippen molar-refractivity contribution in [2.24, 2.45) is 5.92 Å². The predicted octanol–water partition coefficient (Wildman–Crippen LogP) is 2.71. The molecular formula is C18H21ClN4O. The molecule has 1 N–H and O–H groups in total. The molecule has 1 fully saturated rings. The Morgan fingerprint density at radius 2 is 1.83 bits per heavy atom. The van der Waals surface area contributed by atoms with Crippen molar-refractivity contribution in [2.45, 2.75) is 19.3 Å². The van der Waals surface area contributed by atoms with Crippen LogP contribution in [0.4, 0.5) is 5.95 Å². The van der Waals surface area contributed by atoms with Gasteiger partial charge in [0.2, 0.25) is 11.9 Å². The number of benzene rings is 1. The fraction of sp³-hybridized carbons (Fsp3) is 0.389. The Morgan fingerprint density at radius 1 is 1.17 bits per heavy atom. The molecule has 1 aliphatic heterocycles. The van der Waals surface area contributed by atoms with Crippen molar-refractivity contribution in [2.75, 3.05) is 24.5 Å². The van der Waals surface area contributed by atoms with Crippen LogP contribution in [0.15, 0.2) is 42.7 Å². The molecule has 126 valence electrons. The number of hydrogen-bond acceptors (Lipinski definition) is 4. The van der Waals surface area contributed by atoms with E-state index in [1.165, 1.54) is 5.56 Å². The Morgan fingerprint density at radius 3 is 2.50 bits per heavy atom. The molecule has 1 amide bonds. The molecule has 1 aliphatic rings. The molecule has 0 saturated carbocycles. The van der Waals surface area contributed by atoms with Gasteiger partial charge in [0.05, 0.1) is 0 Å². The van der Waals surface area contributed by atoms with Gasteiger partial charge in [-0.2, -0.15) is 0 Å². The van der Waals surface area contributed by atoms with Crippen molar-refractivity contribution in [3.05, 3.63) is 53.3 Å². The Balaban J connectivity index is 1.41. The molecule has 0 atom stereocenters. The Labute approximate surface area is 147 Å². The molecule has 5 nitrogen and oxygen atoms in total. The van der Waals surface area contributed by atoms with Gasteiger partial charge in [0.1, 0.15) is 0 Å². The lowest BCUT2D eigenvalue weighted by Crippen LogP contribution is -2.41. The minimum atomic E-state index is 0.0789. The first-order valence-corrected chi connectivity index (χ1v) is 8.64. The van der Waals surface area contributed by atoms with Crippen LogP contribution in [0, 0.1) is 5.92 Å². The summed E-state index contributed by atoms with van der Waals surface area (Å²) in [4.78, 5) is 23.0. The zero-order valence-electron chi connectivity index (χ0n) is 13.5. The third-order valence-electron chi connectivity index (χ3n) is 4.33. The lowest BCUT2D eigenvalue weighted by atomic mass is 9.96. The highest BCUT2D eigenvalue weighted by atomic mass is 35.5. The monoisotopic (exact) mass is 344 g/mol. The fourth-order valence-corrected chi connectivity index (χ4v) is 3.05. The molecular weight excluding hydrogens is 324 g/mol. The number of amides is 1. The van der Waals surface area contributed by atoms with Crippen LogP contribution in [0.1, 0.15) is 18.4 Å². The summed E-state index contributed by atoms with van der Waals surface area (Å²) in [5.41, 5.74) is 1.18. The van der Waals surface area contributed by atoms with E-state index in [-0.39, 0.29) is 11.8 Å². The molecule has 24 heavy (non-hydrogen) atoms. The van der Waals surface area contributed by atoms with Gasteiger partial charge in [-0.1, -0.05) is 23.7 Å². The minimum absolute atomic E-state index is 0.0789. The average Bonchev–Trinajstić information content (AvgIpc) is 2.64. The molecule has 0 radical (unpaired) electrons. The highest BCUT2D eigenvalue weighted by Crippen LogP contribution is 2.20. The number of carbonyl (C=O) groups is 1. The normalized spacial score (nSPS) is 15.3. The van der Waals surface area contributed by atoms with Gasteiger partial charge in [-0.05, 0) is 43.0 Å². The van der Waals surface area contributed by atoms with Crippen LogP contribution in [-0.4, -0.2) is 35.5 Å². The molecule has 0 unspecified atom stereocenters. The first kappa shape index (κ1) is 16.7. The van der Waals surface area contributed by atoms with Gasteiger partial charge >= 0.3 is 0 Å². The summed E-state index contributed by atoms with van der Waals surface area (Å²) < 4.78 is 0. The summed E-state index contributed by atoms with van der Waals surface area (Å²) in [6.07, 6.45) is 5.99. The number of carbonyl (C=O) groups excluding carboxylic acids is 1. The largest absolute Gasteiger partial charge is 0.356 e. The third kappa shape index (κ3) is 4.45. The zero-order valence-corrected chi connectivity index (χ0v) is 14.2. The molecule has 3 rings (SSSR count). The summed E-state index contributed by atoms with van der Waals surface area (Å²) in [7, 11) is 0. The average molecular weight is 345 g/mol. The van der Waals surface area contributed by atoms with Crippen molar-refractivity contribution in [3.8, 4) is 0 Å².